The molecule has 1 N–H and O–H groups in total. The molecular formula is C22H22FNO5S. The summed E-state index contributed by atoms with van der Waals surface area (Å²) in [6, 6.07) is 11.1. The lowest BCUT2D eigenvalue weighted by Crippen LogP contribution is -2.30. The molecule has 0 fully saturated rings. The number of ether oxygens (including phenoxy) is 3. The highest BCUT2D eigenvalue weighted by molar-refractivity contribution is 7.21. The van der Waals surface area contributed by atoms with E-state index in [1.165, 1.54) is 31.6 Å². The number of nitrogens with one attached hydrogen (secondary N) is 1. The molecule has 2 aromatic carbocycles. The summed E-state index contributed by atoms with van der Waals surface area (Å²) in [6.07, 6.45) is -0.0482. The lowest BCUT2D eigenvalue weighted by atomic mass is 10.0. The van der Waals surface area contributed by atoms with Crippen LogP contribution in [0.3, 0.4) is 0 Å². The number of thiophene rings is 1. The Morgan fingerprint density at radius 3 is 2.47 bits per heavy atom. The van der Waals surface area contributed by atoms with E-state index < -0.39 is 23.7 Å². The molecule has 1 unspecified atom stereocenters. The van der Waals surface area contributed by atoms with E-state index in [2.05, 4.69) is 5.32 Å². The maximum Gasteiger partial charge on any atom is 0.307 e. The maximum absolute atomic E-state index is 14.4. The number of methoxy groups -OCH3 is 3. The Bertz CT molecular complexity index is 1050. The van der Waals surface area contributed by atoms with Crippen LogP contribution in [0.2, 0.25) is 0 Å². The topological polar surface area (TPSA) is 73.9 Å². The summed E-state index contributed by atoms with van der Waals surface area (Å²) < 4.78 is 30.2. The molecule has 3 rings (SSSR count). The Morgan fingerprint density at radius 1 is 1.10 bits per heavy atom. The number of carbonyl (C=O) groups excluding carboxylic acids is 2. The van der Waals surface area contributed by atoms with E-state index in [9.17, 15) is 14.0 Å². The van der Waals surface area contributed by atoms with Gasteiger partial charge >= 0.3 is 5.97 Å². The molecule has 30 heavy (non-hydrogen) atoms. The number of benzene rings is 2. The van der Waals surface area contributed by atoms with Gasteiger partial charge < -0.3 is 19.5 Å². The van der Waals surface area contributed by atoms with Crippen molar-refractivity contribution >= 4 is 33.3 Å². The molecule has 1 atom stereocenters. The van der Waals surface area contributed by atoms with Gasteiger partial charge in [0.1, 0.15) is 11.6 Å². The van der Waals surface area contributed by atoms with Crippen molar-refractivity contribution in [2.24, 2.45) is 0 Å². The molecule has 0 saturated heterocycles. The van der Waals surface area contributed by atoms with Crippen molar-refractivity contribution in [3.8, 4) is 5.75 Å². The number of carbonyl (C=O) groups is 2. The summed E-state index contributed by atoms with van der Waals surface area (Å²) in [6.45, 7) is 0.0912. The molecule has 0 spiro atoms. The highest BCUT2D eigenvalue weighted by Crippen LogP contribution is 2.34. The van der Waals surface area contributed by atoms with Crippen LogP contribution in [-0.4, -0.2) is 33.2 Å². The van der Waals surface area contributed by atoms with Gasteiger partial charge in [0.25, 0.3) is 5.91 Å². The van der Waals surface area contributed by atoms with Crippen LogP contribution in [0.1, 0.15) is 33.3 Å². The number of fused-ring (bicyclic) bond motifs is 1. The van der Waals surface area contributed by atoms with Crippen LogP contribution >= 0.6 is 11.3 Å². The predicted octanol–water partition coefficient (Wildman–Crippen LogP) is 4.23. The molecular weight excluding hydrogens is 409 g/mol. The van der Waals surface area contributed by atoms with Gasteiger partial charge in [0.05, 0.1) is 38.2 Å². The molecule has 0 bridgehead atoms. The van der Waals surface area contributed by atoms with E-state index in [1.807, 2.05) is 0 Å². The third-order valence-corrected chi connectivity index (χ3v) is 5.88. The number of esters is 1. The van der Waals surface area contributed by atoms with E-state index in [-0.39, 0.29) is 13.0 Å². The summed E-state index contributed by atoms with van der Waals surface area (Å²) in [5, 5.41) is 3.26. The minimum Gasteiger partial charge on any atom is -0.497 e. The number of amides is 1. The van der Waals surface area contributed by atoms with E-state index in [0.717, 1.165) is 5.56 Å². The van der Waals surface area contributed by atoms with Crippen LogP contribution in [0.4, 0.5) is 4.39 Å². The Morgan fingerprint density at radius 2 is 1.83 bits per heavy atom. The zero-order valence-electron chi connectivity index (χ0n) is 16.9. The van der Waals surface area contributed by atoms with Crippen molar-refractivity contribution in [1.82, 2.24) is 5.32 Å². The highest BCUT2D eigenvalue weighted by atomic mass is 32.1. The van der Waals surface area contributed by atoms with Gasteiger partial charge in [0.2, 0.25) is 0 Å². The van der Waals surface area contributed by atoms with Crippen molar-refractivity contribution in [1.29, 1.82) is 0 Å². The highest BCUT2D eigenvalue weighted by Gasteiger charge is 2.25. The molecule has 0 aliphatic rings. The van der Waals surface area contributed by atoms with Crippen LogP contribution in [-0.2, 0) is 20.9 Å². The standard InChI is InChI=1S/C22H22FNO5S/c1-27-12-15-20-16(23)5-4-6-18(20)30-21(15)22(26)24-17(11-19(25)29-3)13-7-9-14(28-2)10-8-13/h4-10,17H,11-12H2,1-3H3,(H,24,26). The quantitative estimate of drug-likeness (QED) is 0.541. The number of halogens is 1. The largest absolute Gasteiger partial charge is 0.497 e. The van der Waals surface area contributed by atoms with Gasteiger partial charge in [-0.05, 0) is 29.8 Å². The van der Waals surface area contributed by atoms with Crippen molar-refractivity contribution in [3.63, 3.8) is 0 Å². The first kappa shape index (κ1) is 21.7. The van der Waals surface area contributed by atoms with Gasteiger partial charge in [-0.1, -0.05) is 18.2 Å². The van der Waals surface area contributed by atoms with Crippen molar-refractivity contribution in [2.45, 2.75) is 19.1 Å². The zero-order chi connectivity index (χ0) is 21.7. The van der Waals surface area contributed by atoms with Gasteiger partial charge in [-0.3, -0.25) is 9.59 Å². The van der Waals surface area contributed by atoms with Gasteiger partial charge in [-0.25, -0.2) is 4.39 Å². The van der Waals surface area contributed by atoms with Crippen LogP contribution in [0.25, 0.3) is 10.1 Å². The summed E-state index contributed by atoms with van der Waals surface area (Å²) in [5.41, 5.74) is 1.20. The molecule has 0 saturated carbocycles. The number of hydrogen-bond acceptors (Lipinski definition) is 6. The molecule has 1 heterocycles. The molecule has 3 aromatic rings. The molecule has 0 radical (unpaired) electrons. The third-order valence-electron chi connectivity index (χ3n) is 4.68. The fraction of sp³-hybridized carbons (Fsp3) is 0.273. The fourth-order valence-corrected chi connectivity index (χ4v) is 4.32. The summed E-state index contributed by atoms with van der Waals surface area (Å²) in [4.78, 5) is 25.4. The van der Waals surface area contributed by atoms with Crippen molar-refractivity contribution in [3.05, 3.63) is 64.3 Å². The molecule has 158 valence electrons. The van der Waals surface area contributed by atoms with E-state index in [1.54, 1.807) is 43.5 Å². The summed E-state index contributed by atoms with van der Waals surface area (Å²) >= 11 is 1.19. The SMILES string of the molecule is COCc1c(C(=O)NC(CC(=O)OC)c2ccc(OC)cc2)sc2cccc(F)c12. The second-order valence-corrected chi connectivity index (χ2v) is 7.59. The first-order valence-electron chi connectivity index (χ1n) is 9.19. The Kier molecular flexibility index (Phi) is 7.02. The first-order chi connectivity index (χ1) is 14.5. The van der Waals surface area contributed by atoms with Crippen LogP contribution in [0.5, 0.6) is 5.75 Å². The third kappa shape index (κ3) is 4.60. The van der Waals surface area contributed by atoms with Crippen LogP contribution in [0.15, 0.2) is 42.5 Å². The minimum atomic E-state index is -0.624. The Labute approximate surface area is 177 Å². The van der Waals surface area contributed by atoms with E-state index in [0.29, 0.717) is 26.3 Å². The monoisotopic (exact) mass is 431 g/mol. The Balaban J connectivity index is 1.96. The second-order valence-electron chi connectivity index (χ2n) is 6.54. The first-order valence-corrected chi connectivity index (χ1v) is 10.0. The fourth-order valence-electron chi connectivity index (χ4n) is 3.20. The molecule has 6 nitrogen and oxygen atoms in total. The lowest BCUT2D eigenvalue weighted by Gasteiger charge is -2.18. The van der Waals surface area contributed by atoms with Crippen LogP contribution in [0, 0.1) is 5.82 Å². The smallest absolute Gasteiger partial charge is 0.307 e. The average Bonchev–Trinajstić information content (AvgIpc) is 3.13. The number of hydrogen-bond donors (Lipinski definition) is 1. The van der Waals surface area contributed by atoms with E-state index in [4.69, 9.17) is 14.2 Å². The minimum absolute atomic E-state index is 0.0482. The molecule has 1 aromatic heterocycles. The van der Waals surface area contributed by atoms with Crippen molar-refractivity contribution < 1.29 is 28.2 Å². The second kappa shape index (κ2) is 9.69. The predicted molar refractivity (Wildman–Crippen MR) is 112 cm³/mol. The van der Waals surface area contributed by atoms with Crippen LogP contribution < -0.4 is 10.1 Å². The molecule has 1 amide bonds. The Hall–Kier alpha value is -2.97. The lowest BCUT2D eigenvalue weighted by molar-refractivity contribution is -0.141. The van der Waals surface area contributed by atoms with Gasteiger partial charge in [0, 0.05) is 22.8 Å². The maximum atomic E-state index is 14.4. The zero-order valence-corrected chi connectivity index (χ0v) is 17.7. The average molecular weight is 431 g/mol. The molecule has 0 aliphatic heterocycles. The van der Waals surface area contributed by atoms with E-state index >= 15 is 0 Å². The van der Waals surface area contributed by atoms with Gasteiger partial charge in [-0.15, -0.1) is 11.3 Å². The molecule has 0 aliphatic carbocycles. The number of rotatable bonds is 8. The van der Waals surface area contributed by atoms with Crippen molar-refractivity contribution in [2.75, 3.05) is 21.3 Å². The normalized spacial score (nSPS) is 11.9. The molecule has 8 heteroatoms. The van der Waals surface area contributed by atoms with Gasteiger partial charge in [0.15, 0.2) is 0 Å². The summed E-state index contributed by atoms with van der Waals surface area (Å²) in [5.74, 6) is -0.622. The summed E-state index contributed by atoms with van der Waals surface area (Å²) in [7, 11) is 4.34. The van der Waals surface area contributed by atoms with Gasteiger partial charge in [-0.2, -0.15) is 0 Å².